The third-order valence-electron chi connectivity index (χ3n) is 1.89. The van der Waals surface area contributed by atoms with E-state index >= 15 is 0 Å². The van der Waals surface area contributed by atoms with Crippen LogP contribution < -0.4 is 0 Å². The van der Waals surface area contributed by atoms with Crippen molar-refractivity contribution < 1.29 is 0 Å². The van der Waals surface area contributed by atoms with E-state index in [-0.39, 0.29) is 5.38 Å². The first-order valence-corrected chi connectivity index (χ1v) is 5.80. The van der Waals surface area contributed by atoms with Crippen molar-refractivity contribution in [3.05, 3.63) is 28.9 Å². The van der Waals surface area contributed by atoms with Crippen LogP contribution in [0.2, 0.25) is 0 Å². The molecule has 2 aromatic rings. The van der Waals surface area contributed by atoms with Crippen molar-refractivity contribution in [1.82, 2.24) is 15.2 Å². The smallest absolute Gasteiger partial charge is 0.166 e. The summed E-state index contributed by atoms with van der Waals surface area (Å²) < 4.78 is 0. The second-order valence-electron chi connectivity index (χ2n) is 3.11. The monoisotopic (exact) mass is 250 g/mol. The fraction of sp³-hybridized carbons (Fsp3) is 0.200. The summed E-state index contributed by atoms with van der Waals surface area (Å²) in [5, 5.41) is 17.9. The lowest BCUT2D eigenvalue weighted by molar-refractivity contribution is 0.961. The van der Waals surface area contributed by atoms with Crippen molar-refractivity contribution in [3.8, 4) is 16.8 Å². The number of aromatic nitrogens is 3. The zero-order valence-electron chi connectivity index (χ0n) is 8.38. The van der Waals surface area contributed by atoms with Crippen LogP contribution in [-0.4, -0.2) is 15.2 Å². The molecule has 0 aliphatic heterocycles. The molecule has 0 amide bonds. The van der Waals surface area contributed by atoms with Gasteiger partial charge in [0.1, 0.15) is 16.8 Å². The molecule has 0 aliphatic carbocycles. The SMILES string of the molecule is CC(Cl)c1nnc(-c2ccc(C#N)cn2)s1. The van der Waals surface area contributed by atoms with Crippen molar-refractivity contribution in [3.63, 3.8) is 0 Å². The number of hydrogen-bond donors (Lipinski definition) is 0. The lowest BCUT2D eigenvalue weighted by Gasteiger charge is -1.94. The minimum Gasteiger partial charge on any atom is -0.252 e. The Morgan fingerprint density at radius 1 is 1.44 bits per heavy atom. The highest BCUT2D eigenvalue weighted by Gasteiger charge is 2.11. The molecular weight excluding hydrogens is 244 g/mol. The van der Waals surface area contributed by atoms with E-state index < -0.39 is 0 Å². The highest BCUT2D eigenvalue weighted by molar-refractivity contribution is 7.14. The molecule has 16 heavy (non-hydrogen) atoms. The van der Waals surface area contributed by atoms with Gasteiger partial charge < -0.3 is 0 Å². The fourth-order valence-corrected chi connectivity index (χ4v) is 2.01. The van der Waals surface area contributed by atoms with E-state index in [0.717, 1.165) is 5.01 Å². The average molecular weight is 251 g/mol. The highest BCUT2D eigenvalue weighted by atomic mass is 35.5. The Kier molecular flexibility index (Phi) is 3.13. The molecule has 0 N–H and O–H groups in total. The quantitative estimate of drug-likeness (QED) is 0.769. The van der Waals surface area contributed by atoms with Crippen LogP contribution in [-0.2, 0) is 0 Å². The predicted octanol–water partition coefficient (Wildman–Crippen LogP) is 2.77. The predicted molar refractivity (Wildman–Crippen MR) is 62.1 cm³/mol. The first-order chi connectivity index (χ1) is 7.70. The molecule has 2 heterocycles. The molecule has 2 aromatic heterocycles. The van der Waals surface area contributed by atoms with Crippen LogP contribution in [0.15, 0.2) is 18.3 Å². The molecule has 0 bridgehead atoms. The van der Waals surface area contributed by atoms with Crippen molar-refractivity contribution in [2.45, 2.75) is 12.3 Å². The number of hydrogen-bond acceptors (Lipinski definition) is 5. The van der Waals surface area contributed by atoms with Gasteiger partial charge in [0.05, 0.1) is 10.9 Å². The summed E-state index contributed by atoms with van der Waals surface area (Å²) in [5.41, 5.74) is 1.24. The zero-order chi connectivity index (χ0) is 11.5. The lowest BCUT2D eigenvalue weighted by atomic mass is 10.3. The lowest BCUT2D eigenvalue weighted by Crippen LogP contribution is -1.83. The Balaban J connectivity index is 2.32. The maximum absolute atomic E-state index is 8.64. The fourth-order valence-electron chi connectivity index (χ4n) is 1.09. The van der Waals surface area contributed by atoms with Crippen LogP contribution >= 0.6 is 22.9 Å². The minimum absolute atomic E-state index is 0.148. The number of alkyl halides is 1. The number of halogens is 1. The normalized spacial score (nSPS) is 12.1. The largest absolute Gasteiger partial charge is 0.252 e. The van der Waals surface area contributed by atoms with Gasteiger partial charge in [0.15, 0.2) is 5.01 Å². The maximum Gasteiger partial charge on any atom is 0.166 e. The molecule has 1 atom stereocenters. The van der Waals surface area contributed by atoms with Gasteiger partial charge in [0.25, 0.3) is 0 Å². The van der Waals surface area contributed by atoms with Crippen molar-refractivity contribution in [2.75, 3.05) is 0 Å². The van der Waals surface area contributed by atoms with Crippen LogP contribution in [0.1, 0.15) is 22.9 Å². The van der Waals surface area contributed by atoms with E-state index in [2.05, 4.69) is 15.2 Å². The molecular formula is C10H7ClN4S. The third kappa shape index (κ3) is 2.18. The summed E-state index contributed by atoms with van der Waals surface area (Å²) in [7, 11) is 0. The molecule has 0 saturated heterocycles. The first kappa shape index (κ1) is 11.0. The second kappa shape index (κ2) is 4.56. The van der Waals surface area contributed by atoms with Gasteiger partial charge in [-0.25, -0.2) is 0 Å². The summed E-state index contributed by atoms with van der Waals surface area (Å²) in [6, 6.07) is 5.47. The van der Waals surface area contributed by atoms with E-state index in [1.165, 1.54) is 17.5 Å². The second-order valence-corrected chi connectivity index (χ2v) is 4.77. The summed E-state index contributed by atoms with van der Waals surface area (Å²) in [6.45, 7) is 1.85. The first-order valence-electron chi connectivity index (χ1n) is 4.54. The molecule has 0 saturated carbocycles. The van der Waals surface area contributed by atoms with Crippen LogP contribution in [0.5, 0.6) is 0 Å². The van der Waals surface area contributed by atoms with Gasteiger partial charge in [-0.1, -0.05) is 11.3 Å². The standard InChI is InChI=1S/C10H7ClN4S/c1-6(11)9-14-15-10(16-9)8-3-2-7(4-12)5-13-8/h2-3,5-6H,1H3. The number of nitrogens with zero attached hydrogens (tertiary/aromatic N) is 4. The number of pyridine rings is 1. The minimum atomic E-state index is -0.148. The van der Waals surface area contributed by atoms with Gasteiger partial charge in [-0.15, -0.1) is 21.8 Å². The van der Waals surface area contributed by atoms with E-state index in [9.17, 15) is 0 Å². The van der Waals surface area contributed by atoms with Crippen molar-refractivity contribution >= 4 is 22.9 Å². The summed E-state index contributed by atoms with van der Waals surface area (Å²) in [4.78, 5) is 4.13. The van der Waals surface area contributed by atoms with Gasteiger partial charge in [0, 0.05) is 6.20 Å². The van der Waals surface area contributed by atoms with Gasteiger partial charge in [-0.3, -0.25) is 4.98 Å². The van der Waals surface area contributed by atoms with E-state index in [0.29, 0.717) is 16.3 Å². The Bertz CT molecular complexity index is 526. The highest BCUT2D eigenvalue weighted by Crippen LogP contribution is 2.28. The Hall–Kier alpha value is -1.51. The van der Waals surface area contributed by atoms with E-state index in [1.807, 2.05) is 13.0 Å². The Morgan fingerprint density at radius 3 is 2.75 bits per heavy atom. The van der Waals surface area contributed by atoms with Crippen LogP contribution in [0.4, 0.5) is 0 Å². The molecule has 0 aliphatic rings. The number of nitriles is 1. The molecule has 0 radical (unpaired) electrons. The van der Waals surface area contributed by atoms with Gasteiger partial charge >= 0.3 is 0 Å². The van der Waals surface area contributed by atoms with Crippen molar-refractivity contribution in [2.24, 2.45) is 0 Å². The van der Waals surface area contributed by atoms with Crippen LogP contribution in [0.25, 0.3) is 10.7 Å². The van der Waals surface area contributed by atoms with E-state index in [4.69, 9.17) is 16.9 Å². The summed E-state index contributed by atoms with van der Waals surface area (Å²) in [5.74, 6) is 0. The van der Waals surface area contributed by atoms with E-state index in [1.54, 1.807) is 12.1 Å². The number of rotatable bonds is 2. The molecule has 80 valence electrons. The molecule has 0 spiro atoms. The molecule has 0 aromatic carbocycles. The van der Waals surface area contributed by atoms with Gasteiger partial charge in [0.2, 0.25) is 0 Å². The molecule has 6 heteroatoms. The van der Waals surface area contributed by atoms with Gasteiger partial charge in [-0.05, 0) is 19.1 Å². The Morgan fingerprint density at radius 2 is 2.25 bits per heavy atom. The molecule has 0 fully saturated rings. The maximum atomic E-state index is 8.64. The summed E-state index contributed by atoms with van der Waals surface area (Å²) >= 11 is 7.30. The van der Waals surface area contributed by atoms with Crippen LogP contribution in [0.3, 0.4) is 0 Å². The van der Waals surface area contributed by atoms with Crippen LogP contribution in [0, 0.1) is 11.3 Å². The Labute approximate surface area is 102 Å². The third-order valence-corrected chi connectivity index (χ3v) is 3.36. The molecule has 1 unspecified atom stereocenters. The average Bonchev–Trinajstić information content (AvgIpc) is 2.78. The molecule has 2 rings (SSSR count). The summed E-state index contributed by atoms with van der Waals surface area (Å²) in [6.07, 6.45) is 1.51. The molecule has 4 nitrogen and oxygen atoms in total. The van der Waals surface area contributed by atoms with Gasteiger partial charge in [-0.2, -0.15) is 5.26 Å². The van der Waals surface area contributed by atoms with Crippen molar-refractivity contribution in [1.29, 1.82) is 5.26 Å². The zero-order valence-corrected chi connectivity index (χ0v) is 9.96. The topological polar surface area (TPSA) is 62.5 Å².